The van der Waals surface area contributed by atoms with Gasteiger partial charge in [-0.1, -0.05) is 121 Å². The Morgan fingerprint density at radius 1 is 0.439 bits per heavy atom. The van der Waals surface area contributed by atoms with Crippen LogP contribution in [0.5, 0.6) is 0 Å². The predicted molar refractivity (Wildman–Crippen MR) is 165 cm³/mol. The van der Waals surface area contributed by atoms with Crippen LogP contribution >= 0.6 is 0 Å². The van der Waals surface area contributed by atoms with Crippen LogP contribution in [0.25, 0.3) is 67.2 Å². The lowest BCUT2D eigenvalue weighted by molar-refractivity contribution is 1.13. The first-order valence-electron chi connectivity index (χ1n) is 13.8. The van der Waals surface area contributed by atoms with Crippen LogP contribution < -0.4 is 0 Å². The van der Waals surface area contributed by atoms with Gasteiger partial charge in [-0.05, 0) is 22.8 Å². The highest BCUT2D eigenvalue weighted by Gasteiger charge is 2.23. The second-order valence-corrected chi connectivity index (χ2v) is 10.3. The highest BCUT2D eigenvalue weighted by molar-refractivity contribution is 5.94. The van der Waals surface area contributed by atoms with Crippen LogP contribution in [-0.2, 0) is 6.42 Å². The first-order chi connectivity index (χ1) is 20.3. The number of hydrogen-bond acceptors (Lipinski definition) is 4. The van der Waals surface area contributed by atoms with Gasteiger partial charge in [-0.3, -0.25) is 0 Å². The van der Waals surface area contributed by atoms with E-state index in [1.54, 1.807) is 6.33 Å². The molecule has 0 saturated heterocycles. The van der Waals surface area contributed by atoms with Gasteiger partial charge >= 0.3 is 0 Å². The Bertz CT molecular complexity index is 2050. The van der Waals surface area contributed by atoms with E-state index in [0.29, 0.717) is 5.82 Å². The zero-order valence-corrected chi connectivity index (χ0v) is 22.2. The summed E-state index contributed by atoms with van der Waals surface area (Å²) in [5.41, 5.74) is 13.1. The normalized spacial score (nSPS) is 11.8. The van der Waals surface area contributed by atoms with Crippen LogP contribution in [0.3, 0.4) is 0 Å². The van der Waals surface area contributed by atoms with Gasteiger partial charge in [-0.15, -0.1) is 0 Å². The Morgan fingerprint density at radius 2 is 1.05 bits per heavy atom. The van der Waals surface area contributed by atoms with Gasteiger partial charge in [0.25, 0.3) is 0 Å². The minimum atomic E-state index is 0.706. The van der Waals surface area contributed by atoms with Crippen molar-refractivity contribution in [2.45, 2.75) is 6.42 Å². The molecule has 0 N–H and O–H groups in total. The van der Waals surface area contributed by atoms with Gasteiger partial charge in [0.1, 0.15) is 6.33 Å². The molecule has 5 aromatic carbocycles. The van der Waals surface area contributed by atoms with E-state index < -0.39 is 0 Å². The molecule has 192 valence electrons. The summed E-state index contributed by atoms with van der Waals surface area (Å²) >= 11 is 0. The molecule has 0 saturated carbocycles. The quantitative estimate of drug-likeness (QED) is 0.231. The first kappa shape index (κ1) is 23.4. The molecular weight excluding hydrogens is 500 g/mol. The molecule has 7 aromatic rings. The van der Waals surface area contributed by atoms with E-state index in [0.717, 1.165) is 51.1 Å². The van der Waals surface area contributed by atoms with Crippen molar-refractivity contribution in [3.63, 3.8) is 0 Å². The molecule has 0 unspecified atom stereocenters. The summed E-state index contributed by atoms with van der Waals surface area (Å²) in [7, 11) is 0. The zero-order chi connectivity index (χ0) is 27.2. The fraction of sp³-hybridized carbons (Fsp3) is 0.0270. The van der Waals surface area contributed by atoms with E-state index in [4.69, 9.17) is 9.97 Å². The molecule has 0 atom stereocenters. The average Bonchev–Trinajstić information content (AvgIpc) is 3.44. The van der Waals surface area contributed by atoms with Crippen molar-refractivity contribution in [1.29, 1.82) is 0 Å². The van der Waals surface area contributed by atoms with Crippen molar-refractivity contribution in [3.8, 4) is 56.3 Å². The van der Waals surface area contributed by atoms with E-state index in [1.807, 2.05) is 18.2 Å². The van der Waals surface area contributed by atoms with Crippen molar-refractivity contribution >= 4 is 10.9 Å². The van der Waals surface area contributed by atoms with Gasteiger partial charge in [-0.25, -0.2) is 19.9 Å². The number of nitrogens with zero attached hydrogens (tertiary/aromatic N) is 4. The third kappa shape index (κ3) is 4.09. The molecule has 0 fully saturated rings. The maximum absolute atomic E-state index is 5.09. The van der Waals surface area contributed by atoms with Crippen LogP contribution in [0.15, 0.2) is 134 Å². The number of rotatable bonds is 4. The largest absolute Gasteiger partial charge is 0.236 e. The van der Waals surface area contributed by atoms with Gasteiger partial charge < -0.3 is 0 Å². The van der Waals surface area contributed by atoms with Crippen LogP contribution in [0, 0.1) is 0 Å². The van der Waals surface area contributed by atoms with Crippen molar-refractivity contribution < 1.29 is 0 Å². The molecule has 0 radical (unpaired) electrons. The Labute approximate surface area is 238 Å². The van der Waals surface area contributed by atoms with Crippen molar-refractivity contribution in [2.24, 2.45) is 0 Å². The topological polar surface area (TPSA) is 51.6 Å². The van der Waals surface area contributed by atoms with Crippen molar-refractivity contribution in [1.82, 2.24) is 19.9 Å². The molecule has 1 aliphatic rings. The van der Waals surface area contributed by atoms with Crippen molar-refractivity contribution in [2.75, 3.05) is 0 Å². The van der Waals surface area contributed by atoms with Gasteiger partial charge in [0, 0.05) is 39.6 Å². The van der Waals surface area contributed by atoms with Crippen LogP contribution in [-0.4, -0.2) is 19.9 Å². The lowest BCUT2D eigenvalue weighted by Gasteiger charge is -2.11. The summed E-state index contributed by atoms with van der Waals surface area (Å²) < 4.78 is 0. The maximum Gasteiger partial charge on any atom is 0.160 e. The molecule has 1 aliphatic carbocycles. The molecule has 4 nitrogen and oxygen atoms in total. The van der Waals surface area contributed by atoms with Gasteiger partial charge in [0.05, 0.1) is 22.6 Å². The summed E-state index contributed by atoms with van der Waals surface area (Å²) in [6.07, 6.45) is 2.52. The standard InChI is InChI=1S/C37H24N4/c1-2-8-24(9-3-1)25-14-16-27(17-15-25)35-31-12-6-7-13-33(31)40-37(41-35)28-20-18-26(19-21-28)34-32-22-29-10-4-5-11-30(29)36(32)39-23-38-34/h1-21,23H,22H2. The van der Waals surface area contributed by atoms with E-state index in [2.05, 4.69) is 119 Å². The van der Waals surface area contributed by atoms with E-state index in [1.165, 1.54) is 27.8 Å². The molecule has 0 aliphatic heterocycles. The number of hydrogen-bond donors (Lipinski definition) is 0. The van der Waals surface area contributed by atoms with Gasteiger partial charge in [-0.2, -0.15) is 0 Å². The average molecular weight is 525 g/mol. The second-order valence-electron chi connectivity index (χ2n) is 10.3. The maximum atomic E-state index is 5.09. The summed E-state index contributed by atoms with van der Waals surface area (Å²) in [5.74, 6) is 0.706. The van der Waals surface area contributed by atoms with Crippen molar-refractivity contribution in [3.05, 3.63) is 145 Å². The minimum Gasteiger partial charge on any atom is -0.236 e. The molecule has 41 heavy (non-hydrogen) atoms. The number of para-hydroxylation sites is 1. The fourth-order valence-electron chi connectivity index (χ4n) is 5.81. The summed E-state index contributed by atoms with van der Waals surface area (Å²) in [5, 5.41) is 1.04. The zero-order valence-electron chi connectivity index (χ0n) is 22.2. The smallest absolute Gasteiger partial charge is 0.160 e. The Balaban J connectivity index is 1.17. The Hall–Kier alpha value is -5.48. The van der Waals surface area contributed by atoms with Gasteiger partial charge in [0.2, 0.25) is 0 Å². The lowest BCUT2D eigenvalue weighted by atomic mass is 10.0. The molecule has 8 rings (SSSR count). The summed E-state index contributed by atoms with van der Waals surface area (Å²) in [6.45, 7) is 0. The lowest BCUT2D eigenvalue weighted by Crippen LogP contribution is -1.96. The molecule has 4 heteroatoms. The number of fused-ring (bicyclic) bond motifs is 4. The third-order valence-corrected chi connectivity index (χ3v) is 7.87. The minimum absolute atomic E-state index is 0.706. The molecular formula is C37H24N4. The van der Waals surface area contributed by atoms with E-state index in [9.17, 15) is 0 Å². The van der Waals surface area contributed by atoms with Crippen LogP contribution in [0.2, 0.25) is 0 Å². The number of aromatic nitrogens is 4. The van der Waals surface area contributed by atoms with E-state index in [-0.39, 0.29) is 0 Å². The predicted octanol–water partition coefficient (Wildman–Crippen LogP) is 8.66. The van der Waals surface area contributed by atoms with Crippen LogP contribution in [0.4, 0.5) is 0 Å². The van der Waals surface area contributed by atoms with E-state index >= 15 is 0 Å². The highest BCUT2D eigenvalue weighted by Crippen LogP contribution is 2.39. The Kier molecular flexibility index (Phi) is 5.49. The SMILES string of the molecule is c1ccc(-c2ccc(-c3nc(-c4ccc(-c5ncnc6c5Cc5ccccc5-6)cc4)nc4ccccc34)cc2)cc1. The highest BCUT2D eigenvalue weighted by atomic mass is 14.9. The molecule has 2 aromatic heterocycles. The summed E-state index contributed by atoms with van der Waals surface area (Å²) in [4.78, 5) is 19.3. The van der Waals surface area contributed by atoms with Gasteiger partial charge in [0.15, 0.2) is 5.82 Å². The van der Waals surface area contributed by atoms with Crippen LogP contribution in [0.1, 0.15) is 11.1 Å². The number of benzene rings is 5. The molecule has 0 spiro atoms. The Morgan fingerprint density at radius 3 is 1.88 bits per heavy atom. The monoisotopic (exact) mass is 524 g/mol. The molecule has 0 bridgehead atoms. The fourth-order valence-corrected chi connectivity index (χ4v) is 5.81. The second kappa shape index (κ2) is 9.61. The third-order valence-electron chi connectivity index (χ3n) is 7.87. The first-order valence-corrected chi connectivity index (χ1v) is 13.8. The molecule has 0 amide bonds. The molecule has 2 heterocycles. The summed E-state index contributed by atoms with van der Waals surface area (Å²) in [6, 6.07) is 44.2.